The minimum atomic E-state index is -1.58. The second-order valence-electron chi connectivity index (χ2n) is 11.2. The Morgan fingerprint density at radius 3 is 2.43 bits per heavy atom. The number of anilines is 1. The molecule has 0 aliphatic carbocycles. The van der Waals surface area contributed by atoms with E-state index >= 15 is 0 Å². The van der Waals surface area contributed by atoms with E-state index in [9.17, 15) is 19.5 Å². The van der Waals surface area contributed by atoms with Gasteiger partial charge in [0.25, 0.3) is 11.8 Å². The molecule has 222 valence electrons. The molecule has 0 spiro atoms. The van der Waals surface area contributed by atoms with Crippen molar-refractivity contribution in [1.82, 2.24) is 15.5 Å². The topological polar surface area (TPSA) is 125 Å². The lowest BCUT2D eigenvalue weighted by Gasteiger charge is -2.33. The number of hydrogen-bond donors (Lipinski definition) is 4. The molecule has 3 amide bonds. The van der Waals surface area contributed by atoms with Gasteiger partial charge in [-0.25, -0.2) is 0 Å². The van der Waals surface area contributed by atoms with E-state index in [0.29, 0.717) is 29.8 Å². The summed E-state index contributed by atoms with van der Waals surface area (Å²) < 4.78 is -0.582. The summed E-state index contributed by atoms with van der Waals surface area (Å²) >= 11 is 1.48. The van der Waals surface area contributed by atoms with Gasteiger partial charge in [0.15, 0.2) is 6.10 Å². The first-order chi connectivity index (χ1) is 20.0. The van der Waals surface area contributed by atoms with Gasteiger partial charge in [-0.1, -0.05) is 67.6 Å². The number of thioether (sulfide) groups is 1. The smallest absolute Gasteiger partial charge is 0.254 e. The fraction of sp³-hybridized carbons (Fsp3) is 0.364. The minimum absolute atomic E-state index is 0.220. The Morgan fingerprint density at radius 2 is 1.74 bits per heavy atom. The van der Waals surface area contributed by atoms with E-state index in [1.54, 1.807) is 18.2 Å². The van der Waals surface area contributed by atoms with Gasteiger partial charge in [-0.3, -0.25) is 14.4 Å². The van der Waals surface area contributed by atoms with E-state index in [2.05, 4.69) is 10.6 Å². The van der Waals surface area contributed by atoms with Crippen molar-refractivity contribution in [3.8, 4) is 0 Å². The van der Waals surface area contributed by atoms with Crippen LogP contribution in [-0.4, -0.2) is 56.5 Å². The van der Waals surface area contributed by atoms with Crippen LogP contribution in [0.5, 0.6) is 0 Å². The van der Waals surface area contributed by atoms with Gasteiger partial charge in [-0.05, 0) is 68.0 Å². The minimum Gasteiger partial charge on any atom is -0.398 e. The highest BCUT2D eigenvalue weighted by atomic mass is 32.2. The zero-order valence-corrected chi connectivity index (χ0v) is 25.4. The van der Waals surface area contributed by atoms with Crippen LogP contribution in [0.1, 0.15) is 53.4 Å². The predicted octanol–water partition coefficient (Wildman–Crippen LogP) is 3.84. The van der Waals surface area contributed by atoms with Crippen molar-refractivity contribution in [2.24, 2.45) is 0 Å². The molecule has 3 aromatic carbocycles. The van der Waals surface area contributed by atoms with Crippen LogP contribution in [0.3, 0.4) is 0 Å². The molecule has 9 heteroatoms. The van der Waals surface area contributed by atoms with Crippen molar-refractivity contribution in [2.75, 3.05) is 11.6 Å². The molecule has 5 N–H and O–H groups in total. The van der Waals surface area contributed by atoms with Crippen LogP contribution >= 0.6 is 11.8 Å². The maximum Gasteiger partial charge on any atom is 0.254 e. The Morgan fingerprint density at radius 1 is 1.05 bits per heavy atom. The fourth-order valence-corrected chi connectivity index (χ4v) is 6.55. The van der Waals surface area contributed by atoms with Crippen LogP contribution in [0.25, 0.3) is 0 Å². The number of aliphatic hydroxyl groups is 1. The van der Waals surface area contributed by atoms with E-state index in [0.717, 1.165) is 16.7 Å². The summed E-state index contributed by atoms with van der Waals surface area (Å²) in [6, 6.07) is 20.6. The lowest BCUT2D eigenvalue weighted by molar-refractivity contribution is -0.147. The number of amides is 3. The molecule has 0 radical (unpaired) electrons. The second kappa shape index (κ2) is 13.4. The molecule has 0 aromatic heterocycles. The Hall–Kier alpha value is -3.82. The molecular weight excluding hydrogens is 548 g/mol. The summed E-state index contributed by atoms with van der Waals surface area (Å²) in [6.45, 7) is 8.08. The Labute approximate surface area is 252 Å². The molecule has 0 saturated carbocycles. The van der Waals surface area contributed by atoms with Crippen LogP contribution in [0.2, 0.25) is 0 Å². The van der Waals surface area contributed by atoms with Crippen molar-refractivity contribution in [1.29, 1.82) is 0 Å². The average Bonchev–Trinajstić information content (AvgIpc) is 3.30. The zero-order chi connectivity index (χ0) is 30.4. The fourth-order valence-electron chi connectivity index (χ4n) is 5.41. The molecular formula is C33H40N4O4S. The summed E-state index contributed by atoms with van der Waals surface area (Å²) in [7, 11) is 0. The summed E-state index contributed by atoms with van der Waals surface area (Å²) in [5.41, 5.74) is 10.6. The third kappa shape index (κ3) is 6.97. The van der Waals surface area contributed by atoms with Crippen LogP contribution in [0.4, 0.5) is 5.69 Å². The first-order valence-corrected chi connectivity index (χ1v) is 15.2. The molecule has 1 fully saturated rings. The first kappa shape index (κ1) is 31.1. The molecule has 3 atom stereocenters. The predicted molar refractivity (Wildman–Crippen MR) is 168 cm³/mol. The molecule has 3 aromatic rings. The molecule has 1 unspecified atom stereocenters. The van der Waals surface area contributed by atoms with Gasteiger partial charge in [0.1, 0.15) is 6.04 Å². The molecule has 4 rings (SSSR count). The summed E-state index contributed by atoms with van der Waals surface area (Å²) in [4.78, 5) is 42.4. The Kier molecular flexibility index (Phi) is 9.96. The summed E-state index contributed by atoms with van der Waals surface area (Å²) in [5, 5.41) is 17.4. The van der Waals surface area contributed by atoms with Gasteiger partial charge in [0.2, 0.25) is 5.91 Å². The average molecular weight is 589 g/mol. The number of hydrogen-bond acceptors (Lipinski definition) is 6. The van der Waals surface area contributed by atoms with E-state index in [4.69, 9.17) is 5.73 Å². The number of aryl methyl sites for hydroxylation is 1. The number of rotatable bonds is 10. The molecule has 1 saturated heterocycles. The van der Waals surface area contributed by atoms with E-state index in [1.165, 1.54) is 16.7 Å². The highest BCUT2D eigenvalue weighted by Crippen LogP contribution is 2.40. The van der Waals surface area contributed by atoms with Gasteiger partial charge in [-0.2, -0.15) is 0 Å². The molecule has 1 aliphatic heterocycles. The monoisotopic (exact) mass is 588 g/mol. The Bertz CT molecular complexity index is 1430. The van der Waals surface area contributed by atoms with Crippen molar-refractivity contribution in [3.05, 3.63) is 101 Å². The maximum absolute atomic E-state index is 13.9. The lowest BCUT2D eigenvalue weighted by atomic mass is 9.96. The number of nitrogens with zero attached hydrogens (tertiary/aromatic N) is 1. The van der Waals surface area contributed by atoms with Crippen LogP contribution < -0.4 is 16.4 Å². The normalized spacial score (nSPS) is 17.4. The number of benzene rings is 3. The summed E-state index contributed by atoms with van der Waals surface area (Å²) in [5.74, 6) is -1.07. The molecule has 8 nitrogen and oxygen atoms in total. The molecule has 1 aliphatic rings. The highest BCUT2D eigenvalue weighted by molar-refractivity contribution is 8.00. The lowest BCUT2D eigenvalue weighted by Crippen LogP contribution is -2.58. The van der Waals surface area contributed by atoms with Crippen molar-refractivity contribution in [2.45, 2.75) is 70.0 Å². The van der Waals surface area contributed by atoms with E-state index in [-0.39, 0.29) is 18.2 Å². The highest BCUT2D eigenvalue weighted by Gasteiger charge is 2.49. The zero-order valence-electron chi connectivity index (χ0n) is 24.6. The van der Waals surface area contributed by atoms with Crippen LogP contribution in [0, 0.1) is 6.92 Å². The van der Waals surface area contributed by atoms with E-state index in [1.807, 2.05) is 82.3 Å². The van der Waals surface area contributed by atoms with Crippen molar-refractivity contribution < 1.29 is 19.5 Å². The number of nitrogens with one attached hydrogen (secondary N) is 2. The van der Waals surface area contributed by atoms with Crippen molar-refractivity contribution in [3.63, 3.8) is 0 Å². The largest absolute Gasteiger partial charge is 0.398 e. The SMILES string of the molecule is CCc1c(N)cccc1C(=O)N[C@@H](Cc1ccccc1)[C@H](O)C(=O)N1CSC(C)(C)C1C(=O)NCc1ccccc1C. The third-order valence-electron chi connectivity index (χ3n) is 7.85. The molecule has 1 heterocycles. The number of aliphatic hydroxyl groups excluding tert-OH is 1. The third-order valence-corrected chi connectivity index (χ3v) is 9.23. The maximum atomic E-state index is 13.9. The van der Waals surface area contributed by atoms with Gasteiger partial charge in [0.05, 0.1) is 11.9 Å². The standard InChI is InChI=1S/C33H40N4O4S/c1-5-24-25(16-11-17-26(24)34)30(39)36-27(18-22-13-7-6-8-14-22)28(38)32(41)37-20-42-33(3,4)29(37)31(40)35-19-23-15-10-9-12-21(23)2/h6-17,27-29,38H,5,18-20,34H2,1-4H3,(H,35,40)(H,36,39)/t27-,28-,29?/m0/s1. The number of carbonyl (C=O) groups excluding carboxylic acids is 3. The second-order valence-corrected chi connectivity index (χ2v) is 12.8. The van der Waals surface area contributed by atoms with Gasteiger partial charge < -0.3 is 26.4 Å². The molecule has 0 bridgehead atoms. The number of nitrogens with two attached hydrogens (primary N) is 1. The number of nitrogen functional groups attached to an aromatic ring is 1. The molecule has 42 heavy (non-hydrogen) atoms. The van der Waals surface area contributed by atoms with Crippen LogP contribution in [-0.2, 0) is 29.0 Å². The van der Waals surface area contributed by atoms with E-state index < -0.39 is 34.7 Å². The summed E-state index contributed by atoms with van der Waals surface area (Å²) in [6.07, 6.45) is -0.807. The Balaban J connectivity index is 1.57. The first-order valence-electron chi connectivity index (χ1n) is 14.2. The van der Waals surface area contributed by atoms with Gasteiger partial charge in [-0.15, -0.1) is 11.8 Å². The number of carbonyl (C=O) groups is 3. The van der Waals surface area contributed by atoms with Gasteiger partial charge in [0, 0.05) is 22.5 Å². The van der Waals surface area contributed by atoms with Crippen molar-refractivity contribution >= 4 is 35.2 Å². The van der Waals surface area contributed by atoms with Crippen LogP contribution in [0.15, 0.2) is 72.8 Å². The quantitative estimate of drug-likeness (QED) is 0.267. The van der Waals surface area contributed by atoms with Gasteiger partial charge >= 0.3 is 0 Å².